The molecule has 1 aliphatic heterocycles. The maximum Gasteiger partial charge on any atom is 0.292 e. The number of nitrogens with one attached hydrogen (secondary N) is 2. The summed E-state index contributed by atoms with van der Waals surface area (Å²) in [6, 6.07) is 10.5. The van der Waals surface area contributed by atoms with Gasteiger partial charge in [-0.15, -0.1) is 0 Å². The number of carbonyl (C=O) groups excluding carboxylic acids is 3. The van der Waals surface area contributed by atoms with Crippen LogP contribution in [0.3, 0.4) is 0 Å². The molecule has 0 fully saturated rings. The van der Waals surface area contributed by atoms with Gasteiger partial charge in [-0.25, -0.2) is 0 Å². The predicted octanol–water partition coefficient (Wildman–Crippen LogP) is 4.11. The van der Waals surface area contributed by atoms with Crippen molar-refractivity contribution in [1.29, 1.82) is 0 Å². The van der Waals surface area contributed by atoms with Crippen LogP contribution in [0.5, 0.6) is 0 Å². The molecule has 0 radical (unpaired) electrons. The Labute approximate surface area is 174 Å². The Bertz CT molecular complexity index is 933. The number of amides is 2. The second-order valence-corrected chi connectivity index (χ2v) is 7.86. The monoisotopic (exact) mass is 468 g/mol. The van der Waals surface area contributed by atoms with E-state index in [0.29, 0.717) is 40.7 Å². The van der Waals surface area contributed by atoms with Crippen molar-refractivity contribution < 1.29 is 14.4 Å². The zero-order valence-corrected chi connectivity index (χ0v) is 17.1. The summed E-state index contributed by atoms with van der Waals surface area (Å²) in [7, 11) is 0. The number of hydrogen-bond acceptors (Lipinski definition) is 3. The van der Waals surface area contributed by atoms with Crippen LogP contribution in [0.4, 0.5) is 5.69 Å². The standard InChI is InChI=1S/C19H15BrCl2N2O3/c20-11-4-6-15-12(9-11)16(17(25)19(27)24-15)18(26)23-7-1-2-10-3-5-13(21)14(22)8-10/h3-6,8-9,16H,1-2,7H2,(H,23,26)(H,24,27). The van der Waals surface area contributed by atoms with Crippen molar-refractivity contribution in [3.05, 3.63) is 62.0 Å². The fraction of sp³-hybridized carbons (Fsp3) is 0.211. The number of hydrogen-bond donors (Lipinski definition) is 2. The van der Waals surface area contributed by atoms with Crippen molar-refractivity contribution in [2.75, 3.05) is 11.9 Å². The third-order valence-electron chi connectivity index (χ3n) is 4.25. The van der Waals surface area contributed by atoms with Crippen molar-refractivity contribution in [3.63, 3.8) is 0 Å². The molecule has 8 heteroatoms. The van der Waals surface area contributed by atoms with E-state index in [4.69, 9.17) is 23.2 Å². The van der Waals surface area contributed by atoms with E-state index >= 15 is 0 Å². The molecule has 0 saturated heterocycles. The lowest BCUT2D eigenvalue weighted by Crippen LogP contribution is -2.42. The van der Waals surface area contributed by atoms with Gasteiger partial charge in [0.25, 0.3) is 5.91 Å². The lowest BCUT2D eigenvalue weighted by molar-refractivity contribution is -0.139. The first-order valence-corrected chi connectivity index (χ1v) is 9.78. The van der Waals surface area contributed by atoms with Gasteiger partial charge < -0.3 is 10.6 Å². The molecule has 1 atom stereocenters. The van der Waals surface area contributed by atoms with E-state index in [1.165, 1.54) is 0 Å². The van der Waals surface area contributed by atoms with E-state index in [0.717, 1.165) is 10.0 Å². The zero-order chi connectivity index (χ0) is 19.6. The van der Waals surface area contributed by atoms with E-state index in [-0.39, 0.29) is 0 Å². The van der Waals surface area contributed by atoms with Crippen LogP contribution in [0.15, 0.2) is 40.9 Å². The minimum atomic E-state index is -1.14. The first-order chi connectivity index (χ1) is 12.9. The van der Waals surface area contributed by atoms with Crippen LogP contribution in [0.25, 0.3) is 0 Å². The SMILES string of the molecule is O=C1Nc2ccc(Br)cc2C(C(=O)NCCCc2ccc(Cl)c(Cl)c2)C1=O. The van der Waals surface area contributed by atoms with E-state index in [1.807, 2.05) is 6.07 Å². The largest absolute Gasteiger partial charge is 0.355 e. The van der Waals surface area contributed by atoms with Gasteiger partial charge in [0.05, 0.1) is 10.0 Å². The van der Waals surface area contributed by atoms with Crippen LogP contribution in [-0.4, -0.2) is 24.1 Å². The molecular formula is C19H15BrCl2N2O3. The molecule has 2 aromatic carbocycles. The molecule has 0 aliphatic carbocycles. The summed E-state index contributed by atoms with van der Waals surface area (Å²) in [6.45, 7) is 0.369. The first-order valence-electron chi connectivity index (χ1n) is 8.23. The van der Waals surface area contributed by atoms with Gasteiger partial charge in [-0.3, -0.25) is 14.4 Å². The lowest BCUT2D eigenvalue weighted by atomic mass is 9.88. The number of Topliss-reactive ketones (excluding diaryl/α,β-unsaturated/α-hetero) is 1. The quantitative estimate of drug-likeness (QED) is 0.393. The number of aryl methyl sites for hydroxylation is 1. The van der Waals surface area contributed by atoms with Gasteiger partial charge in [-0.2, -0.15) is 0 Å². The number of fused-ring (bicyclic) bond motifs is 1. The third-order valence-corrected chi connectivity index (χ3v) is 5.48. The molecule has 1 aliphatic rings. The third kappa shape index (κ3) is 4.51. The van der Waals surface area contributed by atoms with Gasteiger partial charge >= 0.3 is 0 Å². The highest BCUT2D eigenvalue weighted by Crippen LogP contribution is 2.32. The fourth-order valence-corrected chi connectivity index (χ4v) is 3.60. The van der Waals surface area contributed by atoms with Crippen molar-refractivity contribution in [3.8, 4) is 0 Å². The average molecular weight is 470 g/mol. The van der Waals surface area contributed by atoms with Crippen molar-refractivity contribution >= 4 is 62.4 Å². The second kappa shape index (κ2) is 8.42. The number of halogens is 3. The number of benzene rings is 2. The van der Waals surface area contributed by atoms with Crippen LogP contribution in [-0.2, 0) is 20.8 Å². The second-order valence-electron chi connectivity index (χ2n) is 6.13. The summed E-state index contributed by atoms with van der Waals surface area (Å²) in [5, 5.41) is 6.23. The Balaban J connectivity index is 1.63. The van der Waals surface area contributed by atoms with Gasteiger partial charge in [0.15, 0.2) is 0 Å². The summed E-state index contributed by atoms with van der Waals surface area (Å²) >= 11 is 15.2. The molecule has 140 valence electrons. The maximum absolute atomic E-state index is 12.6. The molecule has 5 nitrogen and oxygen atoms in total. The minimum Gasteiger partial charge on any atom is -0.355 e. The molecule has 1 unspecified atom stereocenters. The van der Waals surface area contributed by atoms with E-state index < -0.39 is 23.5 Å². The Morgan fingerprint density at radius 1 is 1.11 bits per heavy atom. The van der Waals surface area contributed by atoms with E-state index in [9.17, 15) is 14.4 Å². The molecule has 0 spiro atoms. The Morgan fingerprint density at radius 3 is 2.63 bits per heavy atom. The highest BCUT2D eigenvalue weighted by Gasteiger charge is 2.38. The van der Waals surface area contributed by atoms with Crippen LogP contribution in [0.1, 0.15) is 23.5 Å². The van der Waals surface area contributed by atoms with Gasteiger partial charge in [-0.1, -0.05) is 45.2 Å². The van der Waals surface area contributed by atoms with Crippen molar-refractivity contribution in [2.45, 2.75) is 18.8 Å². The molecular weight excluding hydrogens is 455 g/mol. The smallest absolute Gasteiger partial charge is 0.292 e. The van der Waals surface area contributed by atoms with Crippen LogP contribution in [0.2, 0.25) is 10.0 Å². The summed E-state index contributed by atoms with van der Waals surface area (Å²) in [6.07, 6.45) is 1.35. The molecule has 2 N–H and O–H groups in total. The number of ketones is 1. The number of anilines is 1. The van der Waals surface area contributed by atoms with Crippen LogP contribution >= 0.6 is 39.1 Å². The normalized spacial score (nSPS) is 15.9. The first kappa shape index (κ1) is 19.9. The zero-order valence-electron chi connectivity index (χ0n) is 14.0. The summed E-state index contributed by atoms with van der Waals surface area (Å²) in [4.78, 5) is 36.7. The Hall–Kier alpha value is -1.89. The highest BCUT2D eigenvalue weighted by atomic mass is 79.9. The Morgan fingerprint density at radius 2 is 1.89 bits per heavy atom. The number of carbonyl (C=O) groups is 3. The molecule has 2 amide bonds. The number of rotatable bonds is 5. The van der Waals surface area contributed by atoms with E-state index in [2.05, 4.69) is 26.6 Å². The maximum atomic E-state index is 12.6. The van der Waals surface area contributed by atoms with Gasteiger partial charge in [-0.05, 0) is 54.3 Å². The average Bonchev–Trinajstić information content (AvgIpc) is 2.63. The van der Waals surface area contributed by atoms with Crippen molar-refractivity contribution in [1.82, 2.24) is 5.32 Å². The van der Waals surface area contributed by atoms with Gasteiger partial charge in [0, 0.05) is 16.7 Å². The van der Waals surface area contributed by atoms with Crippen LogP contribution < -0.4 is 10.6 Å². The minimum absolute atomic E-state index is 0.369. The Kier molecular flexibility index (Phi) is 6.19. The summed E-state index contributed by atoms with van der Waals surface area (Å²) in [5.41, 5.74) is 1.95. The lowest BCUT2D eigenvalue weighted by Gasteiger charge is -2.24. The molecule has 0 bridgehead atoms. The molecule has 3 rings (SSSR count). The van der Waals surface area contributed by atoms with Crippen LogP contribution in [0, 0.1) is 0 Å². The molecule has 27 heavy (non-hydrogen) atoms. The fourth-order valence-electron chi connectivity index (χ4n) is 2.90. The van der Waals surface area contributed by atoms with Gasteiger partial charge in [0.2, 0.25) is 11.7 Å². The summed E-state index contributed by atoms with van der Waals surface area (Å²) < 4.78 is 0.725. The predicted molar refractivity (Wildman–Crippen MR) is 108 cm³/mol. The molecule has 0 aromatic heterocycles. The molecule has 2 aromatic rings. The van der Waals surface area contributed by atoms with Crippen molar-refractivity contribution in [2.24, 2.45) is 0 Å². The van der Waals surface area contributed by atoms with E-state index in [1.54, 1.807) is 30.3 Å². The highest BCUT2D eigenvalue weighted by molar-refractivity contribution is 9.10. The topological polar surface area (TPSA) is 75.3 Å². The summed E-state index contributed by atoms with van der Waals surface area (Å²) in [5.74, 6) is -3.16. The molecule has 1 heterocycles. The van der Waals surface area contributed by atoms with Gasteiger partial charge in [0.1, 0.15) is 5.92 Å². The molecule has 0 saturated carbocycles.